The first-order chi connectivity index (χ1) is 7.81. The first-order valence-corrected chi connectivity index (χ1v) is 5.63. The van der Waals surface area contributed by atoms with Crippen LogP contribution in [0.1, 0.15) is 18.4 Å². The SMILES string of the molecule is N#Cc1cccn(CCN2CCCC2)c1=O. The zero-order valence-corrected chi connectivity index (χ0v) is 9.22. The number of hydrogen-bond acceptors (Lipinski definition) is 3. The van der Waals surface area contributed by atoms with Crippen LogP contribution in [0.5, 0.6) is 0 Å². The van der Waals surface area contributed by atoms with Gasteiger partial charge in [0.15, 0.2) is 0 Å². The molecule has 0 amide bonds. The molecule has 2 heterocycles. The molecule has 84 valence electrons. The summed E-state index contributed by atoms with van der Waals surface area (Å²) in [5.74, 6) is 0. The lowest BCUT2D eigenvalue weighted by Crippen LogP contribution is -2.29. The molecule has 1 aromatic rings. The maximum absolute atomic E-state index is 11.7. The predicted molar refractivity (Wildman–Crippen MR) is 61.1 cm³/mol. The summed E-state index contributed by atoms with van der Waals surface area (Å²) in [6.07, 6.45) is 4.26. The van der Waals surface area contributed by atoms with Crippen molar-refractivity contribution in [2.45, 2.75) is 19.4 Å². The van der Waals surface area contributed by atoms with Crippen LogP contribution in [-0.2, 0) is 6.54 Å². The van der Waals surface area contributed by atoms with Gasteiger partial charge in [0.05, 0.1) is 0 Å². The highest BCUT2D eigenvalue weighted by Gasteiger charge is 2.11. The van der Waals surface area contributed by atoms with Crippen LogP contribution in [0.25, 0.3) is 0 Å². The molecule has 0 spiro atoms. The average molecular weight is 217 g/mol. The Bertz CT molecular complexity index is 452. The van der Waals surface area contributed by atoms with E-state index in [1.54, 1.807) is 22.9 Å². The minimum atomic E-state index is -0.177. The van der Waals surface area contributed by atoms with E-state index < -0.39 is 0 Å². The zero-order chi connectivity index (χ0) is 11.4. The zero-order valence-electron chi connectivity index (χ0n) is 9.22. The van der Waals surface area contributed by atoms with Gasteiger partial charge in [-0.15, -0.1) is 0 Å². The molecular weight excluding hydrogens is 202 g/mol. The fourth-order valence-electron chi connectivity index (χ4n) is 2.05. The number of rotatable bonds is 3. The molecule has 1 aliphatic rings. The number of hydrogen-bond donors (Lipinski definition) is 0. The number of pyridine rings is 1. The van der Waals surface area contributed by atoms with Crippen LogP contribution in [0.3, 0.4) is 0 Å². The molecule has 0 bridgehead atoms. The summed E-state index contributed by atoms with van der Waals surface area (Å²) in [5, 5.41) is 8.75. The summed E-state index contributed by atoms with van der Waals surface area (Å²) in [6, 6.07) is 5.23. The van der Waals surface area contributed by atoms with Crippen LogP contribution in [0.4, 0.5) is 0 Å². The fraction of sp³-hybridized carbons (Fsp3) is 0.500. The standard InChI is InChI=1S/C12H15N3O/c13-10-11-4-3-7-15(12(11)16)9-8-14-5-1-2-6-14/h3-4,7H,1-2,5-6,8-9H2. The highest BCUT2D eigenvalue weighted by molar-refractivity contribution is 5.24. The van der Waals surface area contributed by atoms with E-state index in [9.17, 15) is 4.79 Å². The Kier molecular flexibility index (Phi) is 3.37. The first kappa shape index (κ1) is 10.9. The molecule has 0 aliphatic carbocycles. The molecular formula is C12H15N3O. The van der Waals surface area contributed by atoms with Gasteiger partial charge in [0.1, 0.15) is 11.6 Å². The normalized spacial score (nSPS) is 16.2. The third kappa shape index (κ3) is 2.31. The van der Waals surface area contributed by atoms with Gasteiger partial charge in [-0.1, -0.05) is 0 Å². The summed E-state index contributed by atoms with van der Waals surface area (Å²) >= 11 is 0. The average Bonchev–Trinajstić information content (AvgIpc) is 2.81. The highest BCUT2D eigenvalue weighted by atomic mass is 16.1. The van der Waals surface area contributed by atoms with Crippen LogP contribution in [0.15, 0.2) is 23.1 Å². The second-order valence-corrected chi connectivity index (χ2v) is 4.08. The van der Waals surface area contributed by atoms with Crippen LogP contribution < -0.4 is 5.56 Å². The molecule has 0 N–H and O–H groups in total. The summed E-state index contributed by atoms with van der Waals surface area (Å²) in [5.41, 5.74) is 0.0492. The summed E-state index contributed by atoms with van der Waals surface area (Å²) in [4.78, 5) is 14.1. The summed E-state index contributed by atoms with van der Waals surface area (Å²) in [7, 11) is 0. The minimum Gasteiger partial charge on any atom is -0.313 e. The largest absolute Gasteiger partial charge is 0.313 e. The maximum Gasteiger partial charge on any atom is 0.268 e. The van der Waals surface area contributed by atoms with Gasteiger partial charge in [-0.05, 0) is 38.1 Å². The summed E-state index contributed by atoms with van der Waals surface area (Å²) in [6.45, 7) is 3.84. The van der Waals surface area contributed by atoms with Crippen molar-refractivity contribution in [1.29, 1.82) is 5.26 Å². The Morgan fingerprint density at radius 1 is 1.31 bits per heavy atom. The smallest absolute Gasteiger partial charge is 0.268 e. The van der Waals surface area contributed by atoms with Crippen molar-refractivity contribution in [1.82, 2.24) is 9.47 Å². The van der Waals surface area contributed by atoms with Crippen molar-refractivity contribution in [3.05, 3.63) is 34.2 Å². The third-order valence-electron chi connectivity index (χ3n) is 3.00. The molecule has 2 rings (SSSR count). The first-order valence-electron chi connectivity index (χ1n) is 5.63. The lowest BCUT2D eigenvalue weighted by molar-refractivity contribution is 0.320. The summed E-state index contributed by atoms with van der Waals surface area (Å²) < 4.78 is 1.62. The van der Waals surface area contributed by atoms with Crippen molar-refractivity contribution in [3.8, 4) is 6.07 Å². The lowest BCUT2D eigenvalue weighted by atomic mass is 10.3. The van der Waals surface area contributed by atoms with Gasteiger partial charge in [0.25, 0.3) is 5.56 Å². The molecule has 16 heavy (non-hydrogen) atoms. The van der Waals surface area contributed by atoms with Gasteiger partial charge in [-0.25, -0.2) is 0 Å². The molecule has 0 aromatic carbocycles. The Balaban J connectivity index is 2.04. The van der Waals surface area contributed by atoms with Crippen LogP contribution in [-0.4, -0.2) is 29.1 Å². The highest BCUT2D eigenvalue weighted by Crippen LogP contribution is 2.06. The van der Waals surface area contributed by atoms with E-state index in [-0.39, 0.29) is 11.1 Å². The Morgan fingerprint density at radius 3 is 2.75 bits per heavy atom. The molecule has 1 aliphatic heterocycles. The van der Waals surface area contributed by atoms with Crippen LogP contribution in [0, 0.1) is 11.3 Å². The van der Waals surface area contributed by atoms with Crippen molar-refractivity contribution < 1.29 is 0 Å². The molecule has 0 radical (unpaired) electrons. The van der Waals surface area contributed by atoms with E-state index >= 15 is 0 Å². The van der Waals surface area contributed by atoms with E-state index in [2.05, 4.69) is 4.90 Å². The maximum atomic E-state index is 11.7. The Hall–Kier alpha value is -1.60. The lowest BCUT2D eigenvalue weighted by Gasteiger charge is -2.15. The fourth-order valence-corrected chi connectivity index (χ4v) is 2.05. The van der Waals surface area contributed by atoms with E-state index in [4.69, 9.17) is 5.26 Å². The molecule has 0 saturated carbocycles. The minimum absolute atomic E-state index is 0.177. The Morgan fingerprint density at radius 2 is 2.06 bits per heavy atom. The van der Waals surface area contributed by atoms with Crippen molar-refractivity contribution in [2.75, 3.05) is 19.6 Å². The number of likely N-dealkylation sites (tertiary alicyclic amines) is 1. The van der Waals surface area contributed by atoms with Gasteiger partial charge in [0, 0.05) is 19.3 Å². The van der Waals surface area contributed by atoms with Gasteiger partial charge < -0.3 is 9.47 Å². The van der Waals surface area contributed by atoms with Crippen molar-refractivity contribution in [3.63, 3.8) is 0 Å². The van der Waals surface area contributed by atoms with Gasteiger partial charge in [0.2, 0.25) is 0 Å². The third-order valence-corrected chi connectivity index (χ3v) is 3.00. The van der Waals surface area contributed by atoms with Crippen LogP contribution in [0.2, 0.25) is 0 Å². The van der Waals surface area contributed by atoms with Gasteiger partial charge in [-0.2, -0.15) is 5.26 Å². The van der Waals surface area contributed by atoms with Crippen molar-refractivity contribution >= 4 is 0 Å². The van der Waals surface area contributed by atoms with E-state index in [1.165, 1.54) is 12.8 Å². The molecule has 1 aromatic heterocycles. The number of nitrogens with zero attached hydrogens (tertiary/aromatic N) is 3. The number of aromatic nitrogens is 1. The quantitative estimate of drug-likeness (QED) is 0.753. The van der Waals surface area contributed by atoms with Crippen molar-refractivity contribution in [2.24, 2.45) is 0 Å². The van der Waals surface area contributed by atoms with Crippen LogP contribution >= 0.6 is 0 Å². The molecule has 1 saturated heterocycles. The molecule has 1 fully saturated rings. The van der Waals surface area contributed by atoms with E-state index in [0.29, 0.717) is 6.54 Å². The van der Waals surface area contributed by atoms with E-state index in [1.807, 2.05) is 6.07 Å². The molecule has 4 nitrogen and oxygen atoms in total. The number of nitriles is 1. The molecule has 0 unspecified atom stereocenters. The topological polar surface area (TPSA) is 49.0 Å². The second kappa shape index (κ2) is 4.95. The monoisotopic (exact) mass is 217 g/mol. The Labute approximate surface area is 94.7 Å². The van der Waals surface area contributed by atoms with E-state index in [0.717, 1.165) is 19.6 Å². The van der Waals surface area contributed by atoms with Gasteiger partial charge >= 0.3 is 0 Å². The molecule has 4 heteroatoms. The predicted octanol–water partition coefficient (Wildman–Crippen LogP) is 0.816. The second-order valence-electron chi connectivity index (χ2n) is 4.08. The van der Waals surface area contributed by atoms with Gasteiger partial charge in [-0.3, -0.25) is 4.79 Å². The molecule has 0 atom stereocenters.